The molecule has 8 nitrogen and oxygen atoms in total. The van der Waals surface area contributed by atoms with Gasteiger partial charge in [-0.05, 0) is 48.9 Å². The molecule has 5 aromatic rings. The number of aryl methyl sites for hydroxylation is 1. The number of primary amides is 1. The molecule has 8 heteroatoms. The van der Waals surface area contributed by atoms with Crippen molar-refractivity contribution in [3.63, 3.8) is 0 Å². The molecule has 0 bridgehead atoms. The second kappa shape index (κ2) is 8.74. The highest BCUT2D eigenvalue weighted by Gasteiger charge is 2.19. The number of nitrogens with zero attached hydrogens (tertiary/aromatic N) is 5. The zero-order valence-corrected chi connectivity index (χ0v) is 18.9. The fourth-order valence-corrected chi connectivity index (χ4v) is 3.83. The molecule has 3 aromatic heterocycles. The van der Waals surface area contributed by atoms with Crippen molar-refractivity contribution in [2.75, 3.05) is 11.9 Å². The van der Waals surface area contributed by atoms with Gasteiger partial charge in [0.15, 0.2) is 0 Å². The van der Waals surface area contributed by atoms with Gasteiger partial charge in [-0.3, -0.25) is 19.7 Å². The van der Waals surface area contributed by atoms with Crippen LogP contribution in [0.1, 0.15) is 23.0 Å². The van der Waals surface area contributed by atoms with Crippen molar-refractivity contribution in [1.82, 2.24) is 24.9 Å². The maximum atomic E-state index is 11.7. The van der Waals surface area contributed by atoms with Crippen molar-refractivity contribution in [1.29, 1.82) is 0 Å². The van der Waals surface area contributed by atoms with Crippen LogP contribution in [0.5, 0.6) is 0 Å². The highest BCUT2D eigenvalue weighted by molar-refractivity contribution is 5.94. The molecule has 1 amide bonds. The van der Waals surface area contributed by atoms with Gasteiger partial charge >= 0.3 is 0 Å². The molecule has 0 aliphatic heterocycles. The van der Waals surface area contributed by atoms with Gasteiger partial charge in [-0.15, -0.1) is 0 Å². The Kier molecular flexibility index (Phi) is 5.47. The number of carbonyl (C=O) groups excluding carboxylic acids is 1. The van der Waals surface area contributed by atoms with Crippen LogP contribution in [0.4, 0.5) is 11.6 Å². The zero-order valence-electron chi connectivity index (χ0n) is 18.9. The molecule has 0 spiro atoms. The third kappa shape index (κ3) is 3.97. The van der Waals surface area contributed by atoms with Crippen LogP contribution >= 0.6 is 0 Å². The van der Waals surface area contributed by atoms with Crippen LogP contribution in [0.25, 0.3) is 33.7 Å². The number of nitrogens with two attached hydrogens (primary N) is 1. The highest BCUT2D eigenvalue weighted by atomic mass is 16.1. The highest BCUT2D eigenvalue weighted by Crippen LogP contribution is 2.34. The van der Waals surface area contributed by atoms with Crippen LogP contribution in [0.3, 0.4) is 0 Å². The number of aromatic nitrogens is 5. The Morgan fingerprint density at radius 1 is 0.971 bits per heavy atom. The summed E-state index contributed by atoms with van der Waals surface area (Å²) >= 11 is 0. The molecule has 3 heterocycles. The number of aromatic amines is 1. The number of pyridine rings is 1. The SMILES string of the molecule is CCc1cccc(-c2[nH]c(N(C)c3cccc(C(N)=O)c3)nc2-c2ccc3nccnc3c2)n1. The number of hydrogen-bond acceptors (Lipinski definition) is 6. The summed E-state index contributed by atoms with van der Waals surface area (Å²) in [6.45, 7) is 2.08. The van der Waals surface area contributed by atoms with Crippen LogP contribution in [0.15, 0.2) is 73.1 Å². The van der Waals surface area contributed by atoms with Gasteiger partial charge in [0.1, 0.15) is 5.69 Å². The number of nitrogens with one attached hydrogen (secondary N) is 1. The number of benzene rings is 2. The average molecular weight is 450 g/mol. The number of amides is 1. The van der Waals surface area contributed by atoms with Gasteiger partial charge < -0.3 is 15.6 Å². The predicted octanol–water partition coefficient (Wildman–Crippen LogP) is 4.51. The van der Waals surface area contributed by atoms with Gasteiger partial charge in [0.05, 0.1) is 22.4 Å². The summed E-state index contributed by atoms with van der Waals surface area (Å²) in [4.78, 5) is 35.5. The number of H-pyrrole nitrogens is 1. The number of carbonyl (C=O) groups is 1. The van der Waals surface area contributed by atoms with Crippen LogP contribution < -0.4 is 10.6 Å². The van der Waals surface area contributed by atoms with Crippen LogP contribution in [-0.4, -0.2) is 37.9 Å². The summed E-state index contributed by atoms with van der Waals surface area (Å²) in [5.41, 5.74) is 12.5. The molecule has 5 rings (SSSR count). The van der Waals surface area contributed by atoms with E-state index in [0.29, 0.717) is 11.5 Å². The molecule has 2 aromatic carbocycles. The van der Waals surface area contributed by atoms with Crippen LogP contribution in [0.2, 0.25) is 0 Å². The van der Waals surface area contributed by atoms with E-state index < -0.39 is 5.91 Å². The van der Waals surface area contributed by atoms with Crippen LogP contribution in [0, 0.1) is 0 Å². The Hall–Kier alpha value is -4.59. The van der Waals surface area contributed by atoms with E-state index in [-0.39, 0.29) is 0 Å². The molecule has 3 N–H and O–H groups in total. The van der Waals surface area contributed by atoms with Crippen molar-refractivity contribution in [3.05, 3.63) is 84.3 Å². The zero-order chi connectivity index (χ0) is 23.7. The lowest BCUT2D eigenvalue weighted by Gasteiger charge is -2.16. The van der Waals surface area contributed by atoms with E-state index in [1.54, 1.807) is 30.6 Å². The summed E-state index contributed by atoms with van der Waals surface area (Å²) in [7, 11) is 1.88. The van der Waals surface area contributed by atoms with Gasteiger partial charge in [0, 0.05) is 41.9 Å². The maximum Gasteiger partial charge on any atom is 0.248 e. The second-order valence-corrected chi connectivity index (χ2v) is 7.89. The summed E-state index contributed by atoms with van der Waals surface area (Å²) < 4.78 is 0. The lowest BCUT2D eigenvalue weighted by atomic mass is 10.1. The molecule has 0 aliphatic rings. The van der Waals surface area contributed by atoms with Crippen LogP contribution in [-0.2, 0) is 6.42 Å². The third-order valence-corrected chi connectivity index (χ3v) is 5.69. The topological polar surface area (TPSA) is 114 Å². The number of imidazole rings is 1. The van der Waals surface area contributed by atoms with E-state index in [4.69, 9.17) is 15.7 Å². The first-order valence-electron chi connectivity index (χ1n) is 10.9. The minimum Gasteiger partial charge on any atom is -0.366 e. The fourth-order valence-electron chi connectivity index (χ4n) is 3.83. The molecule has 0 radical (unpaired) electrons. The Bertz CT molecular complexity index is 1510. The Morgan fingerprint density at radius 3 is 2.56 bits per heavy atom. The summed E-state index contributed by atoms with van der Waals surface area (Å²) in [5, 5.41) is 0. The van der Waals surface area contributed by atoms with E-state index in [9.17, 15) is 4.79 Å². The Morgan fingerprint density at radius 2 is 1.76 bits per heavy atom. The minimum atomic E-state index is -0.478. The summed E-state index contributed by atoms with van der Waals surface area (Å²) in [6, 6.07) is 19.0. The summed E-state index contributed by atoms with van der Waals surface area (Å²) in [5.74, 6) is 0.128. The van der Waals surface area contributed by atoms with Crippen molar-refractivity contribution in [3.8, 4) is 22.6 Å². The maximum absolute atomic E-state index is 11.7. The monoisotopic (exact) mass is 449 g/mol. The first-order valence-corrected chi connectivity index (χ1v) is 10.9. The fraction of sp³-hybridized carbons (Fsp3) is 0.115. The molecule has 0 unspecified atom stereocenters. The largest absolute Gasteiger partial charge is 0.366 e. The van der Waals surface area contributed by atoms with Gasteiger partial charge in [-0.25, -0.2) is 4.98 Å². The van der Waals surface area contributed by atoms with Gasteiger partial charge in [-0.1, -0.05) is 25.1 Å². The molecule has 168 valence electrons. The molecule has 0 saturated heterocycles. The van der Waals surface area contributed by atoms with Crippen molar-refractivity contribution >= 4 is 28.6 Å². The Balaban J connectivity index is 1.66. The smallest absolute Gasteiger partial charge is 0.248 e. The molecule has 0 atom stereocenters. The normalized spacial score (nSPS) is 11.0. The van der Waals surface area contributed by atoms with E-state index in [2.05, 4.69) is 21.9 Å². The standard InChI is InChI=1S/C26H23N7O/c1-3-18-7-5-9-21(30-18)24-23(16-10-11-20-22(15-16)29-13-12-28-20)31-26(32-24)33(2)19-8-4-6-17(14-19)25(27)34/h4-15H,3H2,1-2H3,(H2,27,34)(H,31,32). The first-order chi connectivity index (χ1) is 16.5. The summed E-state index contributed by atoms with van der Waals surface area (Å²) in [6.07, 6.45) is 4.18. The molecule has 0 fully saturated rings. The minimum absolute atomic E-state index is 0.432. The number of hydrogen-bond donors (Lipinski definition) is 2. The van der Waals surface area contributed by atoms with Gasteiger partial charge in [0.25, 0.3) is 0 Å². The van der Waals surface area contributed by atoms with Gasteiger partial charge in [-0.2, -0.15) is 0 Å². The van der Waals surface area contributed by atoms with E-state index in [1.165, 1.54) is 0 Å². The molecule has 0 aliphatic carbocycles. The van der Waals surface area contributed by atoms with E-state index in [1.807, 2.05) is 54.4 Å². The molecular weight excluding hydrogens is 426 g/mol. The van der Waals surface area contributed by atoms with Crippen molar-refractivity contribution in [2.24, 2.45) is 5.73 Å². The lowest BCUT2D eigenvalue weighted by Crippen LogP contribution is -2.14. The average Bonchev–Trinajstić information content (AvgIpc) is 3.33. The Labute approximate surface area is 196 Å². The third-order valence-electron chi connectivity index (χ3n) is 5.69. The molecule has 34 heavy (non-hydrogen) atoms. The number of fused-ring (bicyclic) bond motifs is 1. The quantitative estimate of drug-likeness (QED) is 0.394. The van der Waals surface area contributed by atoms with Crippen molar-refractivity contribution < 1.29 is 4.79 Å². The number of rotatable bonds is 6. The molecular formula is C26H23N7O. The van der Waals surface area contributed by atoms with E-state index >= 15 is 0 Å². The first kappa shape index (κ1) is 21.3. The number of anilines is 2. The lowest BCUT2D eigenvalue weighted by molar-refractivity contribution is 0.100. The molecule has 0 saturated carbocycles. The second-order valence-electron chi connectivity index (χ2n) is 7.89. The van der Waals surface area contributed by atoms with Crippen molar-refractivity contribution in [2.45, 2.75) is 13.3 Å². The van der Waals surface area contributed by atoms with Gasteiger partial charge in [0.2, 0.25) is 11.9 Å². The predicted molar refractivity (Wildman–Crippen MR) is 133 cm³/mol. The van der Waals surface area contributed by atoms with E-state index in [0.717, 1.165) is 51.5 Å².